The Balaban J connectivity index is 1.99. The third kappa shape index (κ3) is 2.11. The van der Waals surface area contributed by atoms with Crippen molar-refractivity contribution in [2.75, 3.05) is 5.73 Å². The minimum absolute atomic E-state index is 0.379. The van der Waals surface area contributed by atoms with Gasteiger partial charge in [0.05, 0.1) is 36.5 Å². The number of nitrogens with two attached hydrogens (primary N) is 1. The smallest absolute Gasteiger partial charge is 0.151 e. The summed E-state index contributed by atoms with van der Waals surface area (Å²) in [6.07, 6.45) is 4.70. The molecule has 4 heterocycles. The molecular weight excluding hydrogens is 306 g/mol. The number of nitrogen functional groups attached to an aromatic ring is 1. The molecule has 0 aliphatic heterocycles. The molecule has 118 valence electrons. The Morgan fingerprint density at radius 3 is 2.21 bits per heavy atom. The van der Waals surface area contributed by atoms with Gasteiger partial charge < -0.3 is 23.6 Å². The van der Waals surface area contributed by atoms with Crippen LogP contribution in [0.25, 0.3) is 22.8 Å². The highest BCUT2D eigenvalue weighted by Crippen LogP contribution is 2.40. The molecule has 6 nitrogen and oxygen atoms in total. The van der Waals surface area contributed by atoms with Crippen LogP contribution in [0.4, 0.5) is 5.82 Å². The third-order valence-electron chi connectivity index (χ3n) is 3.83. The van der Waals surface area contributed by atoms with Crippen molar-refractivity contribution in [1.82, 2.24) is 4.57 Å². The molecule has 4 aromatic rings. The van der Waals surface area contributed by atoms with Gasteiger partial charge in [-0.3, -0.25) is 0 Å². The van der Waals surface area contributed by atoms with Gasteiger partial charge in [-0.05, 0) is 36.4 Å². The SMILES string of the molecule is N#Cc1c(-c2ccco2)c(N)n(Cc2ccco2)c1-c1ccco1. The van der Waals surface area contributed by atoms with Gasteiger partial charge in [0.25, 0.3) is 0 Å². The van der Waals surface area contributed by atoms with Gasteiger partial charge >= 0.3 is 0 Å². The van der Waals surface area contributed by atoms with Crippen molar-refractivity contribution < 1.29 is 13.3 Å². The largest absolute Gasteiger partial charge is 0.467 e. The van der Waals surface area contributed by atoms with Crippen LogP contribution in [-0.2, 0) is 6.54 Å². The fourth-order valence-electron chi connectivity index (χ4n) is 2.81. The van der Waals surface area contributed by atoms with E-state index in [1.807, 2.05) is 6.07 Å². The predicted octanol–water partition coefficient (Wildman–Crippen LogP) is 4.10. The van der Waals surface area contributed by atoms with E-state index in [2.05, 4.69) is 6.07 Å². The molecule has 0 atom stereocenters. The summed E-state index contributed by atoms with van der Waals surface area (Å²) in [5, 5.41) is 9.74. The Labute approximate surface area is 137 Å². The van der Waals surface area contributed by atoms with E-state index in [1.54, 1.807) is 53.7 Å². The van der Waals surface area contributed by atoms with Crippen LogP contribution in [0.3, 0.4) is 0 Å². The summed E-state index contributed by atoms with van der Waals surface area (Å²) in [5.41, 5.74) is 7.93. The summed E-state index contributed by atoms with van der Waals surface area (Å²) in [7, 11) is 0. The first kappa shape index (κ1) is 14.0. The van der Waals surface area contributed by atoms with Crippen LogP contribution in [0.2, 0.25) is 0 Å². The van der Waals surface area contributed by atoms with E-state index in [0.29, 0.717) is 40.7 Å². The lowest BCUT2D eigenvalue weighted by atomic mass is 10.1. The van der Waals surface area contributed by atoms with Gasteiger partial charge in [-0.2, -0.15) is 5.26 Å². The third-order valence-corrected chi connectivity index (χ3v) is 3.83. The Bertz CT molecular complexity index is 985. The van der Waals surface area contributed by atoms with Crippen LogP contribution in [0.15, 0.2) is 68.4 Å². The summed E-state index contributed by atoms with van der Waals surface area (Å²) in [6, 6.07) is 13.0. The molecule has 0 spiro atoms. The Morgan fingerprint density at radius 2 is 1.62 bits per heavy atom. The average molecular weight is 319 g/mol. The summed E-state index contributed by atoms with van der Waals surface area (Å²) in [4.78, 5) is 0. The lowest BCUT2D eigenvalue weighted by Crippen LogP contribution is -2.05. The summed E-state index contributed by atoms with van der Waals surface area (Å²) in [6.45, 7) is 0.379. The van der Waals surface area contributed by atoms with Crippen molar-refractivity contribution in [1.29, 1.82) is 5.26 Å². The number of nitrogens with zero attached hydrogens (tertiary/aromatic N) is 2. The first-order chi connectivity index (χ1) is 11.8. The van der Waals surface area contributed by atoms with Gasteiger partial charge in [0.15, 0.2) is 5.76 Å². The van der Waals surface area contributed by atoms with E-state index in [9.17, 15) is 5.26 Å². The van der Waals surface area contributed by atoms with Gasteiger partial charge in [0, 0.05) is 0 Å². The Kier molecular flexibility index (Phi) is 3.25. The van der Waals surface area contributed by atoms with Gasteiger partial charge in [-0.15, -0.1) is 0 Å². The highest BCUT2D eigenvalue weighted by molar-refractivity contribution is 5.86. The molecule has 0 bridgehead atoms. The van der Waals surface area contributed by atoms with Gasteiger partial charge in [-0.25, -0.2) is 0 Å². The molecule has 24 heavy (non-hydrogen) atoms. The Morgan fingerprint density at radius 1 is 0.958 bits per heavy atom. The average Bonchev–Trinajstić information content (AvgIpc) is 3.36. The van der Waals surface area contributed by atoms with E-state index in [0.717, 1.165) is 5.76 Å². The van der Waals surface area contributed by atoms with Crippen molar-refractivity contribution in [3.05, 3.63) is 66.5 Å². The second-order valence-electron chi connectivity index (χ2n) is 5.22. The number of aromatic nitrogens is 1. The number of anilines is 1. The number of hydrogen-bond acceptors (Lipinski definition) is 5. The van der Waals surface area contributed by atoms with Gasteiger partial charge in [0.1, 0.15) is 29.1 Å². The standard InChI is InChI=1S/C18H13N3O3/c19-10-13-16(14-5-2-8-23-14)18(20)21(11-12-4-1-7-22-12)17(13)15-6-3-9-24-15/h1-9H,11,20H2. The normalized spacial score (nSPS) is 10.8. The molecule has 0 unspecified atom stereocenters. The van der Waals surface area contributed by atoms with Crippen LogP contribution in [0.1, 0.15) is 11.3 Å². The van der Waals surface area contributed by atoms with Gasteiger partial charge in [0.2, 0.25) is 0 Å². The Hall–Kier alpha value is -3.59. The predicted molar refractivity (Wildman–Crippen MR) is 86.8 cm³/mol. The van der Waals surface area contributed by atoms with Crippen molar-refractivity contribution in [2.45, 2.75) is 6.54 Å². The van der Waals surface area contributed by atoms with Crippen LogP contribution < -0.4 is 5.73 Å². The van der Waals surface area contributed by atoms with Crippen LogP contribution in [0, 0.1) is 11.3 Å². The van der Waals surface area contributed by atoms with Crippen molar-refractivity contribution in [3.8, 4) is 28.8 Å². The number of hydrogen-bond donors (Lipinski definition) is 1. The zero-order chi connectivity index (χ0) is 16.5. The molecule has 0 fully saturated rings. The topological polar surface area (TPSA) is 94.2 Å². The maximum absolute atomic E-state index is 9.74. The second-order valence-corrected chi connectivity index (χ2v) is 5.22. The van der Waals surface area contributed by atoms with E-state index in [-0.39, 0.29) is 0 Å². The molecule has 0 aromatic carbocycles. The molecular formula is C18H13N3O3. The highest BCUT2D eigenvalue weighted by Gasteiger charge is 2.26. The zero-order valence-electron chi connectivity index (χ0n) is 12.6. The van der Waals surface area contributed by atoms with E-state index < -0.39 is 0 Å². The fourth-order valence-corrected chi connectivity index (χ4v) is 2.81. The quantitative estimate of drug-likeness (QED) is 0.611. The highest BCUT2D eigenvalue weighted by atomic mass is 16.3. The van der Waals surface area contributed by atoms with Crippen molar-refractivity contribution in [2.24, 2.45) is 0 Å². The fraction of sp³-hybridized carbons (Fsp3) is 0.0556. The zero-order valence-corrected chi connectivity index (χ0v) is 12.6. The summed E-state index contributed by atoms with van der Waals surface area (Å²) >= 11 is 0. The molecule has 6 heteroatoms. The minimum Gasteiger partial charge on any atom is -0.467 e. The lowest BCUT2D eigenvalue weighted by Gasteiger charge is -2.08. The first-order valence-electron chi connectivity index (χ1n) is 7.31. The van der Waals surface area contributed by atoms with Gasteiger partial charge in [-0.1, -0.05) is 0 Å². The molecule has 0 radical (unpaired) electrons. The number of furan rings is 3. The van der Waals surface area contributed by atoms with Crippen LogP contribution in [0.5, 0.6) is 0 Å². The summed E-state index contributed by atoms with van der Waals surface area (Å²) in [5.74, 6) is 2.24. The van der Waals surface area contributed by atoms with Crippen LogP contribution >= 0.6 is 0 Å². The number of nitriles is 1. The summed E-state index contributed by atoms with van der Waals surface area (Å²) < 4.78 is 18.2. The first-order valence-corrected chi connectivity index (χ1v) is 7.31. The maximum atomic E-state index is 9.74. The molecule has 0 aliphatic rings. The van der Waals surface area contributed by atoms with Crippen molar-refractivity contribution >= 4 is 5.82 Å². The minimum atomic E-state index is 0.379. The van der Waals surface area contributed by atoms with Crippen molar-refractivity contribution in [3.63, 3.8) is 0 Å². The molecule has 0 amide bonds. The van der Waals surface area contributed by atoms with E-state index >= 15 is 0 Å². The molecule has 0 saturated carbocycles. The molecule has 0 saturated heterocycles. The van der Waals surface area contributed by atoms with Crippen LogP contribution in [-0.4, -0.2) is 4.57 Å². The second kappa shape index (κ2) is 5.56. The van der Waals surface area contributed by atoms with E-state index in [1.165, 1.54) is 0 Å². The molecule has 2 N–H and O–H groups in total. The lowest BCUT2D eigenvalue weighted by molar-refractivity contribution is 0.494. The monoisotopic (exact) mass is 319 g/mol. The molecule has 4 rings (SSSR count). The number of rotatable bonds is 4. The van der Waals surface area contributed by atoms with E-state index in [4.69, 9.17) is 19.0 Å². The maximum Gasteiger partial charge on any atom is 0.151 e. The molecule has 0 aliphatic carbocycles. The molecule has 4 aromatic heterocycles.